The van der Waals surface area contributed by atoms with Gasteiger partial charge in [-0.2, -0.15) is 0 Å². The molecule has 1 aliphatic carbocycles. The maximum absolute atomic E-state index is 13.4. The van der Waals surface area contributed by atoms with E-state index in [2.05, 4.69) is 26.4 Å². The largest absolute Gasteiger partial charge is 0.490 e. The summed E-state index contributed by atoms with van der Waals surface area (Å²) >= 11 is 6.01. The van der Waals surface area contributed by atoms with Crippen LogP contribution in [0.3, 0.4) is 0 Å². The van der Waals surface area contributed by atoms with Crippen LogP contribution in [-0.2, 0) is 25.7 Å². The predicted molar refractivity (Wildman–Crippen MR) is 193 cm³/mol. The summed E-state index contributed by atoms with van der Waals surface area (Å²) in [7, 11) is 2.13. The molecule has 1 saturated heterocycles. The Morgan fingerprint density at radius 3 is 2.19 bits per heavy atom. The Hall–Kier alpha value is -4.69. The van der Waals surface area contributed by atoms with Crippen molar-refractivity contribution >= 4 is 30.2 Å². The van der Waals surface area contributed by atoms with E-state index in [1.54, 1.807) is 0 Å². The fourth-order valence-electron chi connectivity index (χ4n) is 5.03. The highest BCUT2D eigenvalue weighted by Crippen LogP contribution is 2.28. The summed E-state index contributed by atoms with van der Waals surface area (Å²) in [5.74, 6) is -0.495. The van der Waals surface area contributed by atoms with Crippen LogP contribution >= 0.6 is 11.6 Å². The van der Waals surface area contributed by atoms with Gasteiger partial charge in [-0.1, -0.05) is 36.2 Å². The number of hydrogen-bond acceptors (Lipinski definition) is 10. The summed E-state index contributed by atoms with van der Waals surface area (Å²) < 4.78 is 41.7. The normalized spacial score (nSPS) is 13.7. The molecule has 1 saturated carbocycles. The first-order valence-electron chi connectivity index (χ1n) is 17.2. The van der Waals surface area contributed by atoms with Crippen molar-refractivity contribution in [2.45, 2.75) is 51.1 Å². The van der Waals surface area contributed by atoms with Crippen molar-refractivity contribution in [3.05, 3.63) is 99.1 Å². The summed E-state index contributed by atoms with van der Waals surface area (Å²) in [6.07, 6.45) is 6.34. The topological polar surface area (TPSA) is 124 Å². The highest BCUT2D eigenvalue weighted by molar-refractivity contribution is 6.31. The number of likely N-dealkylation sites (N-methyl/N-ethyl adjacent to an activating group) is 1. The second-order valence-corrected chi connectivity index (χ2v) is 12.5. The third-order valence-electron chi connectivity index (χ3n) is 8.09. The van der Waals surface area contributed by atoms with Crippen molar-refractivity contribution in [3.63, 3.8) is 0 Å². The highest BCUT2D eigenvalue weighted by Gasteiger charge is 2.28. The van der Waals surface area contributed by atoms with Crippen molar-refractivity contribution in [1.29, 1.82) is 0 Å². The van der Waals surface area contributed by atoms with Crippen LogP contribution in [0.5, 0.6) is 11.5 Å². The van der Waals surface area contributed by atoms with Gasteiger partial charge in [0.15, 0.2) is 11.6 Å². The minimum atomic E-state index is -0.796. The molecule has 0 atom stereocenters. The zero-order chi connectivity index (χ0) is 37.6. The summed E-state index contributed by atoms with van der Waals surface area (Å²) in [4.78, 5) is 40.8. The summed E-state index contributed by atoms with van der Waals surface area (Å²) in [5, 5.41) is 9.64. The Morgan fingerprint density at radius 2 is 1.56 bits per heavy atom. The van der Waals surface area contributed by atoms with Crippen LogP contribution < -0.4 is 14.4 Å². The molecule has 0 bridgehead atoms. The van der Waals surface area contributed by atoms with E-state index in [4.69, 9.17) is 21.1 Å². The van der Waals surface area contributed by atoms with Crippen LogP contribution in [-0.4, -0.2) is 93.5 Å². The Morgan fingerprint density at radius 1 is 0.885 bits per heavy atom. The second-order valence-electron chi connectivity index (χ2n) is 12.1. The first kappa shape index (κ1) is 41.7. The number of benzene rings is 3. The van der Waals surface area contributed by atoms with Crippen molar-refractivity contribution < 1.29 is 42.5 Å². The lowest BCUT2D eigenvalue weighted by Crippen LogP contribution is -2.44. The number of anilines is 1. The fraction of sp³-hybridized carbons (Fsp3) is 0.459. The summed E-state index contributed by atoms with van der Waals surface area (Å²) in [6.45, 7) is 6.15. The number of ether oxygens (including phenoxy) is 3. The number of hydrogen-bond donors (Lipinski definition) is 0. The van der Waals surface area contributed by atoms with E-state index in [0.29, 0.717) is 32.1 Å². The maximum Gasteiger partial charge on any atom is 0.294 e. The smallest absolute Gasteiger partial charge is 0.294 e. The van der Waals surface area contributed by atoms with Gasteiger partial charge in [0.25, 0.3) is 11.6 Å². The Bertz CT molecular complexity index is 1490. The molecular weight excluding hydrogens is 702 g/mol. The molecule has 0 radical (unpaired) electrons. The van der Waals surface area contributed by atoms with E-state index in [1.807, 2.05) is 53.4 Å². The number of halogens is 3. The standard InChI is InChI=1S/C19H22F2N2O2.C11H12ClNO.C7H13NO5/c1-22-8-10-23(11-9-22)16-3-5-17(6-4-16)24-12-13-25-19-14-15(20)2-7-18(19)21;12-11-4-2-1-3-9(11)7-13(8-14)10-5-6-10;9-7-12-5-3-1-2-4-6-13-8(10)11/h2-7,14H,8-13H2,1H3;1-4,8,10H,5-7H2;7H,1-6H2. The molecule has 284 valence electrons. The minimum absolute atomic E-state index is 0.103. The van der Waals surface area contributed by atoms with E-state index in [1.165, 1.54) is 5.69 Å². The molecule has 0 unspecified atom stereocenters. The van der Waals surface area contributed by atoms with Crippen LogP contribution in [0, 0.1) is 21.7 Å². The van der Waals surface area contributed by atoms with E-state index in [0.717, 1.165) is 99.2 Å². The molecule has 2 aliphatic rings. The van der Waals surface area contributed by atoms with Crippen LogP contribution in [0.2, 0.25) is 5.02 Å². The Labute approximate surface area is 308 Å². The molecule has 0 N–H and O–H groups in total. The van der Waals surface area contributed by atoms with Crippen LogP contribution in [0.25, 0.3) is 0 Å². The molecule has 3 aromatic carbocycles. The number of rotatable bonds is 19. The number of piperazine rings is 1. The monoisotopic (exact) mass is 748 g/mol. The highest BCUT2D eigenvalue weighted by atomic mass is 35.5. The third-order valence-corrected chi connectivity index (χ3v) is 8.46. The van der Waals surface area contributed by atoms with Gasteiger partial charge in [-0.15, -0.1) is 10.1 Å². The third kappa shape index (κ3) is 16.6. The molecule has 0 spiro atoms. The van der Waals surface area contributed by atoms with Crippen LogP contribution in [0.4, 0.5) is 14.5 Å². The first-order chi connectivity index (χ1) is 25.2. The summed E-state index contributed by atoms with van der Waals surface area (Å²) in [6, 6.07) is 19.1. The van der Waals surface area contributed by atoms with Crippen molar-refractivity contribution in [2.24, 2.45) is 0 Å². The lowest BCUT2D eigenvalue weighted by molar-refractivity contribution is -0.757. The lowest BCUT2D eigenvalue weighted by atomic mass is 10.2. The van der Waals surface area contributed by atoms with Gasteiger partial charge >= 0.3 is 0 Å². The van der Waals surface area contributed by atoms with Gasteiger partial charge in [-0.25, -0.2) is 8.78 Å². The van der Waals surface area contributed by atoms with Gasteiger partial charge in [-0.05, 0) is 87.2 Å². The average molecular weight is 749 g/mol. The molecular formula is C37H47ClF2N4O8. The predicted octanol–water partition coefficient (Wildman–Crippen LogP) is 6.56. The molecule has 15 heteroatoms. The number of unbranched alkanes of at least 4 members (excludes halogenated alkanes) is 3. The fourth-order valence-corrected chi connectivity index (χ4v) is 5.22. The minimum Gasteiger partial charge on any atom is -0.490 e. The molecule has 1 heterocycles. The molecule has 2 fully saturated rings. The SMILES string of the molecule is CN1CCN(c2ccc(OCCOc3cc(F)ccc3F)cc2)CC1.O=CN(Cc1ccccc1Cl)C1CC1.O=COCCCCCCO[N+](=O)[O-]. The van der Waals surface area contributed by atoms with Gasteiger partial charge in [0.05, 0.1) is 13.2 Å². The van der Waals surface area contributed by atoms with Crippen LogP contribution in [0.15, 0.2) is 66.7 Å². The molecule has 0 aromatic heterocycles. The van der Waals surface area contributed by atoms with Gasteiger partial charge in [0.1, 0.15) is 24.8 Å². The van der Waals surface area contributed by atoms with E-state index >= 15 is 0 Å². The summed E-state index contributed by atoms with van der Waals surface area (Å²) in [5.41, 5.74) is 2.20. The van der Waals surface area contributed by atoms with Gasteiger partial charge in [0.2, 0.25) is 6.41 Å². The van der Waals surface area contributed by atoms with E-state index in [-0.39, 0.29) is 25.6 Å². The van der Waals surface area contributed by atoms with Crippen molar-refractivity contribution in [3.8, 4) is 11.5 Å². The molecule has 52 heavy (non-hydrogen) atoms. The number of carbonyl (C=O) groups excluding carboxylic acids is 2. The molecule has 1 aliphatic heterocycles. The number of nitrogens with zero attached hydrogens (tertiary/aromatic N) is 4. The molecule has 1 amide bonds. The molecule has 12 nitrogen and oxygen atoms in total. The Kier molecular flexibility index (Phi) is 19.0. The van der Waals surface area contributed by atoms with Crippen molar-refractivity contribution in [2.75, 3.05) is 64.6 Å². The second kappa shape index (κ2) is 23.7. The maximum atomic E-state index is 13.4. The zero-order valence-corrected chi connectivity index (χ0v) is 30.1. The molecule has 3 aromatic rings. The van der Waals surface area contributed by atoms with Crippen LogP contribution in [0.1, 0.15) is 44.1 Å². The zero-order valence-electron chi connectivity index (χ0n) is 29.4. The number of carbonyl (C=O) groups is 2. The van der Waals surface area contributed by atoms with Gasteiger partial charge < -0.3 is 33.7 Å². The van der Waals surface area contributed by atoms with Gasteiger partial charge in [-0.3, -0.25) is 9.59 Å². The molecule has 5 rings (SSSR count). The van der Waals surface area contributed by atoms with Crippen molar-refractivity contribution in [1.82, 2.24) is 9.80 Å². The average Bonchev–Trinajstić information content (AvgIpc) is 3.99. The lowest BCUT2D eigenvalue weighted by Gasteiger charge is -2.34. The van der Waals surface area contributed by atoms with E-state index < -0.39 is 16.7 Å². The van der Waals surface area contributed by atoms with E-state index in [9.17, 15) is 28.5 Å². The first-order valence-corrected chi connectivity index (χ1v) is 17.6. The van der Waals surface area contributed by atoms with Gasteiger partial charge in [0, 0.05) is 55.5 Å². The quantitative estimate of drug-likeness (QED) is 0.0576. The Balaban J connectivity index is 0.000000230. The number of amides is 1.